The first-order chi connectivity index (χ1) is 18.6. The van der Waals surface area contributed by atoms with Crippen LogP contribution in [0, 0.1) is 17.8 Å². The average molecular weight is 521 g/mol. The molecule has 0 radical (unpaired) electrons. The lowest BCUT2D eigenvalue weighted by atomic mass is 9.47. The van der Waals surface area contributed by atoms with Crippen LogP contribution in [0.25, 0.3) is 21.9 Å². The maximum atomic E-state index is 6.32. The molecule has 0 N–H and O–H groups in total. The highest BCUT2D eigenvalue weighted by Gasteiger charge is 2.53. The molecular weight excluding hydrogens is 475 g/mol. The summed E-state index contributed by atoms with van der Waals surface area (Å²) in [7, 11) is -0.322. The Morgan fingerprint density at radius 2 is 1.28 bits per heavy atom. The summed E-state index contributed by atoms with van der Waals surface area (Å²) >= 11 is 0. The van der Waals surface area contributed by atoms with Gasteiger partial charge in [0.1, 0.15) is 0 Å². The van der Waals surface area contributed by atoms with Gasteiger partial charge in [-0.05, 0) is 147 Å². The Morgan fingerprint density at radius 1 is 0.718 bits per heavy atom. The molecule has 0 atom stereocenters. The Balaban J connectivity index is 1.23. The van der Waals surface area contributed by atoms with Crippen molar-refractivity contribution in [2.24, 2.45) is 17.8 Å². The van der Waals surface area contributed by atoms with Gasteiger partial charge in [-0.2, -0.15) is 0 Å². The first-order valence-electron chi connectivity index (χ1n) is 15.7. The van der Waals surface area contributed by atoms with Gasteiger partial charge in [0.05, 0.1) is 11.2 Å². The van der Waals surface area contributed by atoms with E-state index < -0.39 is 0 Å². The molecule has 2 nitrogen and oxygen atoms in total. The molecule has 5 aliphatic rings. The highest BCUT2D eigenvalue weighted by Crippen LogP contribution is 2.61. The van der Waals surface area contributed by atoms with Crippen molar-refractivity contribution in [3.8, 4) is 11.1 Å². The zero-order chi connectivity index (χ0) is 27.0. The van der Waals surface area contributed by atoms with Gasteiger partial charge >= 0.3 is 7.12 Å². The van der Waals surface area contributed by atoms with Crippen LogP contribution in [0.4, 0.5) is 0 Å². The zero-order valence-corrected chi connectivity index (χ0v) is 24.7. The molecule has 1 saturated heterocycles. The van der Waals surface area contributed by atoms with E-state index in [1.165, 1.54) is 79.7 Å². The van der Waals surface area contributed by atoms with Crippen LogP contribution in [-0.4, -0.2) is 18.3 Å². The molecule has 4 bridgehead atoms. The first kappa shape index (κ1) is 25.8. The van der Waals surface area contributed by atoms with Gasteiger partial charge in [-0.3, -0.25) is 0 Å². The van der Waals surface area contributed by atoms with Gasteiger partial charge in [0, 0.05) is 0 Å². The molecule has 1 aliphatic heterocycles. The molecule has 0 unspecified atom stereocenters. The maximum Gasteiger partial charge on any atom is 0.494 e. The van der Waals surface area contributed by atoms with Crippen molar-refractivity contribution in [3.63, 3.8) is 0 Å². The van der Waals surface area contributed by atoms with Gasteiger partial charge in [-0.25, -0.2) is 0 Å². The number of hydrogen-bond acceptors (Lipinski definition) is 2. The molecule has 0 spiro atoms. The predicted molar refractivity (Wildman–Crippen MR) is 164 cm³/mol. The lowest BCUT2D eigenvalue weighted by Gasteiger charge is -2.57. The van der Waals surface area contributed by atoms with E-state index in [2.05, 4.69) is 89.2 Å². The van der Waals surface area contributed by atoms with Gasteiger partial charge in [-0.15, -0.1) is 0 Å². The Labute approximate surface area is 236 Å². The van der Waals surface area contributed by atoms with Crippen LogP contribution in [0.1, 0.15) is 97.1 Å². The zero-order valence-electron chi connectivity index (χ0n) is 24.7. The summed E-state index contributed by atoms with van der Waals surface area (Å²) in [5, 5.41) is 2.52. The van der Waals surface area contributed by atoms with Crippen molar-refractivity contribution >= 4 is 23.4 Å². The molecule has 39 heavy (non-hydrogen) atoms. The Bertz CT molecular complexity index is 1350. The number of benzene rings is 3. The number of aryl methyl sites for hydroxylation is 1. The fourth-order valence-corrected chi connectivity index (χ4v) is 8.84. The molecular formula is C36H45BO2. The molecule has 5 fully saturated rings. The SMILES string of the molecule is CCCCc1ccc(-c2ccc3cc(B4OC(C)(C)C(C)(C)O4)ccc3c2)cc1C12CC3CC(CC(C3)C1)C2. The van der Waals surface area contributed by atoms with E-state index in [0.29, 0.717) is 5.41 Å². The van der Waals surface area contributed by atoms with Crippen molar-refractivity contribution in [1.82, 2.24) is 0 Å². The fourth-order valence-electron chi connectivity index (χ4n) is 8.84. The third-order valence-electron chi connectivity index (χ3n) is 11.2. The second kappa shape index (κ2) is 9.21. The van der Waals surface area contributed by atoms with Crippen LogP contribution < -0.4 is 5.46 Å². The van der Waals surface area contributed by atoms with E-state index in [1.807, 2.05) is 0 Å². The van der Waals surface area contributed by atoms with Crippen molar-refractivity contribution in [3.05, 3.63) is 65.7 Å². The molecule has 1 heterocycles. The van der Waals surface area contributed by atoms with Gasteiger partial charge in [0.2, 0.25) is 0 Å². The number of rotatable bonds is 6. The number of fused-ring (bicyclic) bond motifs is 1. The van der Waals surface area contributed by atoms with Crippen LogP contribution in [0.2, 0.25) is 0 Å². The minimum Gasteiger partial charge on any atom is -0.399 e. The molecule has 8 rings (SSSR count). The van der Waals surface area contributed by atoms with E-state index in [-0.39, 0.29) is 18.3 Å². The summed E-state index contributed by atoms with van der Waals surface area (Å²) in [6, 6.07) is 21.2. The molecule has 3 aromatic carbocycles. The molecule has 3 aromatic rings. The summed E-state index contributed by atoms with van der Waals surface area (Å²) in [6.07, 6.45) is 12.6. The Hall–Kier alpha value is -2.10. The molecule has 0 aromatic heterocycles. The van der Waals surface area contributed by atoms with Crippen LogP contribution in [0.3, 0.4) is 0 Å². The van der Waals surface area contributed by atoms with E-state index in [1.54, 1.807) is 11.1 Å². The van der Waals surface area contributed by atoms with E-state index in [0.717, 1.165) is 23.2 Å². The number of unbranched alkanes of at least 4 members (excludes halogenated alkanes) is 1. The van der Waals surface area contributed by atoms with Gasteiger partial charge in [0.15, 0.2) is 0 Å². The topological polar surface area (TPSA) is 18.5 Å². The van der Waals surface area contributed by atoms with Crippen molar-refractivity contribution in [2.45, 2.75) is 109 Å². The lowest BCUT2D eigenvalue weighted by Crippen LogP contribution is -2.49. The van der Waals surface area contributed by atoms with Crippen molar-refractivity contribution in [2.75, 3.05) is 0 Å². The largest absolute Gasteiger partial charge is 0.494 e. The summed E-state index contributed by atoms with van der Waals surface area (Å²) in [4.78, 5) is 0. The quantitative estimate of drug-likeness (QED) is 0.303. The second-order valence-electron chi connectivity index (χ2n) is 14.6. The third-order valence-corrected chi connectivity index (χ3v) is 11.2. The Morgan fingerprint density at radius 3 is 1.92 bits per heavy atom. The molecule has 204 valence electrons. The minimum absolute atomic E-state index is 0.322. The Kier molecular flexibility index (Phi) is 6.11. The fraction of sp³-hybridized carbons (Fsp3) is 0.556. The summed E-state index contributed by atoms with van der Waals surface area (Å²) < 4.78 is 12.6. The monoisotopic (exact) mass is 520 g/mol. The average Bonchev–Trinajstić information content (AvgIpc) is 3.12. The van der Waals surface area contributed by atoms with Crippen molar-refractivity contribution in [1.29, 1.82) is 0 Å². The highest BCUT2D eigenvalue weighted by atomic mass is 16.7. The van der Waals surface area contributed by atoms with E-state index in [4.69, 9.17) is 9.31 Å². The molecule has 0 amide bonds. The van der Waals surface area contributed by atoms with Crippen LogP contribution in [-0.2, 0) is 21.1 Å². The lowest BCUT2D eigenvalue weighted by molar-refractivity contribution is -0.00556. The van der Waals surface area contributed by atoms with Crippen LogP contribution in [0.5, 0.6) is 0 Å². The standard InChI is InChI=1S/C36H45BO2/c1-6-7-8-27-9-10-31(20-33(27)36-21-24-15-25(22-36)17-26(16-24)23-36)28-11-12-30-19-32(14-13-29(30)18-28)37-38-34(2,3)35(4,5)39-37/h9-14,18-20,24-26H,6-8,15-17,21-23H2,1-5H3. The first-order valence-corrected chi connectivity index (χ1v) is 15.7. The van der Waals surface area contributed by atoms with Crippen molar-refractivity contribution < 1.29 is 9.31 Å². The maximum absolute atomic E-state index is 6.32. The normalized spacial score (nSPS) is 30.4. The van der Waals surface area contributed by atoms with E-state index in [9.17, 15) is 0 Å². The summed E-state index contributed by atoms with van der Waals surface area (Å²) in [6.45, 7) is 10.8. The van der Waals surface area contributed by atoms with Gasteiger partial charge in [-0.1, -0.05) is 61.9 Å². The van der Waals surface area contributed by atoms with Crippen LogP contribution in [0.15, 0.2) is 54.6 Å². The second-order valence-corrected chi connectivity index (χ2v) is 14.6. The molecule has 4 saturated carbocycles. The number of hydrogen-bond donors (Lipinski definition) is 0. The smallest absolute Gasteiger partial charge is 0.399 e. The minimum atomic E-state index is -0.325. The summed E-state index contributed by atoms with van der Waals surface area (Å²) in [5.41, 5.74) is 6.94. The predicted octanol–water partition coefficient (Wildman–Crippen LogP) is 8.62. The summed E-state index contributed by atoms with van der Waals surface area (Å²) in [5.74, 6) is 2.91. The van der Waals surface area contributed by atoms with E-state index >= 15 is 0 Å². The third kappa shape index (κ3) is 4.40. The van der Waals surface area contributed by atoms with Crippen LogP contribution >= 0.6 is 0 Å². The highest BCUT2D eigenvalue weighted by molar-refractivity contribution is 6.62. The molecule has 3 heteroatoms. The van der Waals surface area contributed by atoms with Gasteiger partial charge in [0.25, 0.3) is 0 Å². The van der Waals surface area contributed by atoms with Gasteiger partial charge < -0.3 is 9.31 Å². The molecule has 4 aliphatic carbocycles.